The average molecular weight is 471 g/mol. The van der Waals surface area contributed by atoms with E-state index >= 15 is 0 Å². The van der Waals surface area contributed by atoms with Gasteiger partial charge in [0, 0.05) is 6.42 Å². The van der Waals surface area contributed by atoms with Crippen molar-refractivity contribution in [2.45, 2.75) is 117 Å². The van der Waals surface area contributed by atoms with E-state index in [4.69, 9.17) is 0 Å². The third-order valence-corrected chi connectivity index (χ3v) is 11.1. The van der Waals surface area contributed by atoms with Gasteiger partial charge in [0.25, 0.3) is 0 Å². The maximum Gasteiger partial charge on any atom is 0.417 e. The molecule has 0 spiro atoms. The average Bonchev–Trinajstić information content (AvgIpc) is 3.08. The summed E-state index contributed by atoms with van der Waals surface area (Å²) in [7, 11) is 0. The molecule has 190 valence electrons. The molecule has 1 unspecified atom stereocenters. The van der Waals surface area contributed by atoms with Crippen molar-refractivity contribution in [3.63, 3.8) is 0 Å². The Kier molecular flexibility index (Phi) is 6.61. The lowest BCUT2D eigenvalue weighted by Crippen LogP contribution is -2.55. The van der Waals surface area contributed by atoms with E-state index in [0.717, 1.165) is 37.7 Å². The molecule has 0 heterocycles. The predicted molar refractivity (Wildman–Crippen MR) is 125 cm³/mol. The van der Waals surface area contributed by atoms with Crippen LogP contribution in [-0.2, 0) is 0 Å². The summed E-state index contributed by atoms with van der Waals surface area (Å²) in [4.78, 5) is 0. The first-order chi connectivity index (χ1) is 15.2. The van der Waals surface area contributed by atoms with Crippen LogP contribution in [0.2, 0.25) is 0 Å². The molecule has 0 bridgehead atoms. The molecule has 2 nitrogen and oxygen atoms in total. The van der Waals surface area contributed by atoms with E-state index in [2.05, 4.69) is 40.7 Å². The topological polar surface area (TPSA) is 40.5 Å². The molecule has 2 N–H and O–H groups in total. The normalized spacial score (nSPS) is 45.1. The monoisotopic (exact) mass is 470 g/mol. The Bertz CT molecular complexity index is 761. The maximum atomic E-state index is 13.6. The lowest BCUT2D eigenvalue weighted by atomic mass is 9.46. The highest BCUT2D eigenvalue weighted by atomic mass is 19.4. The van der Waals surface area contributed by atoms with Gasteiger partial charge in [0.1, 0.15) is 0 Å². The molecule has 0 aromatic rings. The highest BCUT2D eigenvalue weighted by molar-refractivity contribution is 5.28. The number of hydrogen-bond acceptors (Lipinski definition) is 2. The Morgan fingerprint density at radius 2 is 1.70 bits per heavy atom. The quantitative estimate of drug-likeness (QED) is 0.414. The number of aliphatic hydroxyl groups excluding tert-OH is 1. The molecule has 0 amide bonds. The second kappa shape index (κ2) is 8.54. The Hall–Kier alpha value is -0.550. The maximum absolute atomic E-state index is 13.6. The summed E-state index contributed by atoms with van der Waals surface area (Å²) in [6.45, 7) is 11.2. The van der Waals surface area contributed by atoms with Gasteiger partial charge in [-0.2, -0.15) is 13.2 Å². The first-order valence-corrected chi connectivity index (χ1v) is 13.4. The van der Waals surface area contributed by atoms with E-state index in [9.17, 15) is 23.4 Å². The van der Waals surface area contributed by atoms with E-state index in [1.165, 1.54) is 12.8 Å². The Balaban J connectivity index is 1.50. The fourth-order valence-corrected chi connectivity index (χ4v) is 8.83. The number of fused-ring (bicyclic) bond motifs is 5. The van der Waals surface area contributed by atoms with Crippen molar-refractivity contribution in [1.29, 1.82) is 0 Å². The molecule has 9 atom stereocenters. The molecule has 0 aromatic heterocycles. The van der Waals surface area contributed by atoms with Crippen LogP contribution in [0.5, 0.6) is 0 Å². The summed E-state index contributed by atoms with van der Waals surface area (Å²) in [5.74, 6) is 3.18. The van der Waals surface area contributed by atoms with Crippen molar-refractivity contribution >= 4 is 0 Å². The largest absolute Gasteiger partial charge is 0.417 e. The van der Waals surface area contributed by atoms with Crippen molar-refractivity contribution in [3.8, 4) is 0 Å². The Morgan fingerprint density at radius 3 is 2.33 bits per heavy atom. The molecule has 33 heavy (non-hydrogen) atoms. The third-order valence-electron chi connectivity index (χ3n) is 11.1. The first kappa shape index (κ1) is 25.5. The van der Waals surface area contributed by atoms with E-state index < -0.39 is 11.8 Å². The summed E-state index contributed by atoms with van der Waals surface area (Å²) in [6, 6.07) is 0. The molecule has 5 heteroatoms. The Morgan fingerprint density at radius 1 is 1.00 bits per heavy atom. The molecule has 4 aliphatic carbocycles. The molecule has 3 saturated carbocycles. The van der Waals surface area contributed by atoms with Crippen molar-refractivity contribution in [3.05, 3.63) is 11.6 Å². The van der Waals surface area contributed by atoms with Crippen molar-refractivity contribution in [1.82, 2.24) is 0 Å². The number of aliphatic hydroxyl groups is 2. The van der Waals surface area contributed by atoms with Crippen LogP contribution in [0, 0.1) is 46.3 Å². The second-order valence-electron chi connectivity index (χ2n) is 13.1. The first-order valence-electron chi connectivity index (χ1n) is 13.4. The van der Waals surface area contributed by atoms with Gasteiger partial charge in [-0.25, -0.2) is 0 Å². The molecular weight excluding hydrogens is 425 g/mol. The lowest BCUT2D eigenvalue weighted by molar-refractivity contribution is -0.271. The summed E-state index contributed by atoms with van der Waals surface area (Å²) in [6.07, 6.45) is 4.86. The van der Waals surface area contributed by atoms with Gasteiger partial charge in [-0.3, -0.25) is 0 Å². The molecule has 4 rings (SSSR count). The fourth-order valence-electron chi connectivity index (χ4n) is 8.83. The highest BCUT2D eigenvalue weighted by Gasteiger charge is 2.63. The van der Waals surface area contributed by atoms with Gasteiger partial charge in [0.2, 0.25) is 0 Å². The van der Waals surface area contributed by atoms with Gasteiger partial charge in [0.15, 0.2) is 5.60 Å². The van der Waals surface area contributed by atoms with Crippen molar-refractivity contribution in [2.24, 2.45) is 46.3 Å². The van der Waals surface area contributed by atoms with Crippen LogP contribution >= 0.6 is 0 Å². The van der Waals surface area contributed by atoms with Gasteiger partial charge < -0.3 is 10.2 Å². The van der Waals surface area contributed by atoms with Gasteiger partial charge in [-0.1, -0.05) is 46.3 Å². The second-order valence-corrected chi connectivity index (χ2v) is 13.1. The predicted octanol–water partition coefficient (Wildman–Crippen LogP) is 7.29. The highest BCUT2D eigenvalue weighted by Crippen LogP contribution is 2.68. The molecule has 4 aliphatic rings. The lowest BCUT2D eigenvalue weighted by Gasteiger charge is -2.59. The molecular formula is C28H45F3O2. The van der Waals surface area contributed by atoms with Crippen molar-refractivity contribution in [2.75, 3.05) is 0 Å². The number of halogens is 3. The summed E-state index contributed by atoms with van der Waals surface area (Å²) >= 11 is 0. The molecule has 0 saturated heterocycles. The van der Waals surface area contributed by atoms with Crippen LogP contribution < -0.4 is 0 Å². The molecule has 3 fully saturated rings. The standard InChI is InChI=1S/C28H45F3O2/c1-17(2)24(32)11-6-18(3)21-9-10-22-20-8-7-19-16-27(33,28(29,30)31)15-14-25(19,4)23(20)12-13-26(21,22)5/h7,17-18,20-24,32-33H,6,8-16H2,1-5H3/t18-,20+,21-,22+,23?,24+,25+,26-,27+/m1/s1. The van der Waals surface area contributed by atoms with Crippen LogP contribution in [0.15, 0.2) is 11.6 Å². The zero-order valence-electron chi connectivity index (χ0n) is 21.2. The van der Waals surface area contributed by atoms with E-state index in [-0.39, 0.29) is 24.4 Å². The zero-order chi connectivity index (χ0) is 24.4. The van der Waals surface area contributed by atoms with E-state index in [0.29, 0.717) is 47.3 Å². The van der Waals surface area contributed by atoms with Crippen LogP contribution in [0.1, 0.15) is 98.8 Å². The van der Waals surface area contributed by atoms with E-state index in [1.807, 2.05) is 0 Å². The number of hydrogen-bond donors (Lipinski definition) is 2. The summed E-state index contributed by atoms with van der Waals surface area (Å²) in [5, 5.41) is 20.7. The molecule has 0 radical (unpaired) electrons. The molecule has 0 aliphatic heterocycles. The zero-order valence-corrected chi connectivity index (χ0v) is 21.2. The van der Waals surface area contributed by atoms with Crippen LogP contribution in [-0.4, -0.2) is 28.1 Å². The number of allylic oxidation sites excluding steroid dienone is 1. The van der Waals surface area contributed by atoms with Crippen LogP contribution in [0.25, 0.3) is 0 Å². The number of alkyl halides is 3. The smallest absolute Gasteiger partial charge is 0.393 e. The molecule has 0 aromatic carbocycles. The van der Waals surface area contributed by atoms with Crippen LogP contribution in [0.4, 0.5) is 13.2 Å². The van der Waals surface area contributed by atoms with Gasteiger partial charge in [-0.15, -0.1) is 0 Å². The Labute approximate surface area is 198 Å². The van der Waals surface area contributed by atoms with Gasteiger partial charge >= 0.3 is 6.18 Å². The van der Waals surface area contributed by atoms with E-state index in [1.54, 1.807) is 0 Å². The number of rotatable bonds is 5. The summed E-state index contributed by atoms with van der Waals surface area (Å²) in [5.41, 5.74) is -1.59. The van der Waals surface area contributed by atoms with Gasteiger partial charge in [0.05, 0.1) is 6.10 Å². The third kappa shape index (κ3) is 4.11. The minimum atomic E-state index is -4.56. The van der Waals surface area contributed by atoms with Crippen LogP contribution in [0.3, 0.4) is 0 Å². The fraction of sp³-hybridized carbons (Fsp3) is 0.929. The van der Waals surface area contributed by atoms with Gasteiger partial charge in [-0.05, 0) is 104 Å². The minimum Gasteiger partial charge on any atom is -0.393 e. The summed E-state index contributed by atoms with van der Waals surface area (Å²) < 4.78 is 40.7. The SMILES string of the molecule is CC(C)[C@@H](O)CC[C@@H](C)[C@H]1CC[C@H]2[C@@H]3CC=C4C[C@](O)(C(F)(F)F)CC[C@]4(C)C3CC[C@]12C. The minimum absolute atomic E-state index is 0.173. The van der Waals surface area contributed by atoms with Crippen molar-refractivity contribution < 1.29 is 23.4 Å².